The minimum absolute atomic E-state index is 0.0482. The fraction of sp³-hybridized carbons (Fsp3) is 0.263. The Bertz CT molecular complexity index is 975. The lowest BCUT2D eigenvalue weighted by molar-refractivity contribution is -0.126. The van der Waals surface area contributed by atoms with Crippen LogP contribution in [-0.2, 0) is 26.0 Å². The van der Waals surface area contributed by atoms with Crippen molar-refractivity contribution in [2.75, 3.05) is 18.0 Å². The largest absolute Gasteiger partial charge is 0.355 e. The molecule has 1 heterocycles. The topological polar surface area (TPSA) is 110 Å². The standard InChI is InChI=1S/C19H20ClN3O4S/c20-15-3-5-16(6-4-15)23-12-14(11-18(23)24)19(25)22-10-9-13-1-7-17(8-2-13)28(21,26)27/h1-8,14H,9-12H2,(H,22,25)(H2,21,26,27)/t14-/m1/s1. The summed E-state index contributed by atoms with van der Waals surface area (Å²) in [6, 6.07) is 13.1. The Hall–Kier alpha value is -2.42. The third kappa shape index (κ3) is 4.89. The molecule has 0 radical (unpaired) electrons. The van der Waals surface area contributed by atoms with Gasteiger partial charge in [0.2, 0.25) is 21.8 Å². The molecule has 1 aliphatic heterocycles. The Kier molecular flexibility index (Phi) is 6.02. The van der Waals surface area contributed by atoms with E-state index in [0.29, 0.717) is 24.5 Å². The van der Waals surface area contributed by atoms with E-state index in [-0.39, 0.29) is 23.1 Å². The summed E-state index contributed by atoms with van der Waals surface area (Å²) in [5.41, 5.74) is 1.60. The Labute approximate surface area is 168 Å². The number of primary sulfonamides is 1. The number of nitrogens with one attached hydrogen (secondary N) is 1. The van der Waals surface area contributed by atoms with E-state index in [4.69, 9.17) is 16.7 Å². The number of benzene rings is 2. The van der Waals surface area contributed by atoms with Crippen LogP contribution >= 0.6 is 11.6 Å². The third-order valence-corrected chi connectivity index (χ3v) is 5.78. The van der Waals surface area contributed by atoms with Crippen molar-refractivity contribution in [1.82, 2.24) is 5.32 Å². The summed E-state index contributed by atoms with van der Waals surface area (Å²) in [5, 5.41) is 8.49. The van der Waals surface area contributed by atoms with Crippen molar-refractivity contribution in [1.29, 1.82) is 0 Å². The van der Waals surface area contributed by atoms with Crippen molar-refractivity contribution >= 4 is 39.1 Å². The number of carbonyl (C=O) groups is 2. The predicted molar refractivity (Wildman–Crippen MR) is 106 cm³/mol. The molecule has 0 saturated carbocycles. The summed E-state index contributed by atoms with van der Waals surface area (Å²) >= 11 is 5.87. The van der Waals surface area contributed by atoms with Crippen LogP contribution in [0, 0.1) is 5.92 Å². The van der Waals surface area contributed by atoms with E-state index in [1.165, 1.54) is 12.1 Å². The first-order valence-electron chi connectivity index (χ1n) is 8.69. The van der Waals surface area contributed by atoms with Crippen LogP contribution in [0.2, 0.25) is 5.02 Å². The molecule has 0 bridgehead atoms. The molecule has 2 aromatic rings. The van der Waals surface area contributed by atoms with E-state index >= 15 is 0 Å². The van der Waals surface area contributed by atoms with Gasteiger partial charge in [-0.05, 0) is 48.4 Å². The van der Waals surface area contributed by atoms with Gasteiger partial charge in [-0.1, -0.05) is 23.7 Å². The molecule has 2 aromatic carbocycles. The zero-order valence-corrected chi connectivity index (χ0v) is 16.5. The van der Waals surface area contributed by atoms with Crippen LogP contribution in [0.3, 0.4) is 0 Å². The summed E-state index contributed by atoms with van der Waals surface area (Å²) in [5.74, 6) is -0.681. The summed E-state index contributed by atoms with van der Waals surface area (Å²) in [4.78, 5) is 26.3. The van der Waals surface area contributed by atoms with E-state index in [9.17, 15) is 18.0 Å². The highest BCUT2D eigenvalue weighted by Gasteiger charge is 2.34. The Morgan fingerprint density at radius 3 is 2.39 bits per heavy atom. The van der Waals surface area contributed by atoms with Gasteiger partial charge in [0.05, 0.1) is 10.8 Å². The van der Waals surface area contributed by atoms with E-state index in [1.54, 1.807) is 41.3 Å². The van der Waals surface area contributed by atoms with Gasteiger partial charge < -0.3 is 10.2 Å². The monoisotopic (exact) mass is 421 g/mol. The van der Waals surface area contributed by atoms with Gasteiger partial charge in [-0.3, -0.25) is 9.59 Å². The number of nitrogens with zero attached hydrogens (tertiary/aromatic N) is 1. The highest BCUT2D eigenvalue weighted by atomic mass is 35.5. The number of rotatable bonds is 6. The molecule has 28 heavy (non-hydrogen) atoms. The number of nitrogens with two attached hydrogens (primary N) is 1. The molecule has 0 aromatic heterocycles. The lowest BCUT2D eigenvalue weighted by Crippen LogP contribution is -2.34. The summed E-state index contributed by atoms with van der Waals surface area (Å²) < 4.78 is 22.5. The molecular weight excluding hydrogens is 402 g/mol. The molecule has 1 fully saturated rings. The first-order chi connectivity index (χ1) is 13.2. The molecule has 9 heteroatoms. The van der Waals surface area contributed by atoms with Crippen LogP contribution in [0.4, 0.5) is 5.69 Å². The molecule has 1 aliphatic rings. The lowest BCUT2D eigenvalue weighted by atomic mass is 10.1. The fourth-order valence-corrected chi connectivity index (χ4v) is 3.72. The Morgan fingerprint density at radius 2 is 1.79 bits per heavy atom. The summed E-state index contributed by atoms with van der Waals surface area (Å²) in [6.07, 6.45) is 0.704. The molecule has 3 N–H and O–H groups in total. The smallest absolute Gasteiger partial charge is 0.238 e. The Balaban J connectivity index is 1.51. The normalized spacial score (nSPS) is 17.0. The van der Waals surface area contributed by atoms with Crippen LogP contribution in [0.25, 0.3) is 0 Å². The first-order valence-corrected chi connectivity index (χ1v) is 10.6. The van der Waals surface area contributed by atoms with Crippen LogP contribution in [0.5, 0.6) is 0 Å². The van der Waals surface area contributed by atoms with Crippen LogP contribution < -0.4 is 15.4 Å². The van der Waals surface area contributed by atoms with Gasteiger partial charge in [-0.15, -0.1) is 0 Å². The molecule has 7 nitrogen and oxygen atoms in total. The number of carbonyl (C=O) groups excluding carboxylic acids is 2. The predicted octanol–water partition coefficient (Wildman–Crippen LogP) is 1.70. The van der Waals surface area contributed by atoms with Crippen LogP contribution in [0.1, 0.15) is 12.0 Å². The molecule has 148 valence electrons. The quantitative estimate of drug-likeness (QED) is 0.739. The maximum absolute atomic E-state index is 12.4. The van der Waals surface area contributed by atoms with E-state index < -0.39 is 15.9 Å². The molecule has 1 saturated heterocycles. The zero-order valence-electron chi connectivity index (χ0n) is 15.0. The van der Waals surface area contributed by atoms with Crippen molar-refractivity contribution in [3.63, 3.8) is 0 Å². The lowest BCUT2D eigenvalue weighted by Gasteiger charge is -2.16. The van der Waals surface area contributed by atoms with Crippen molar-refractivity contribution in [3.8, 4) is 0 Å². The van der Waals surface area contributed by atoms with Crippen molar-refractivity contribution < 1.29 is 18.0 Å². The van der Waals surface area contributed by atoms with Gasteiger partial charge in [0.25, 0.3) is 0 Å². The number of anilines is 1. The average Bonchev–Trinajstić information content (AvgIpc) is 3.04. The van der Waals surface area contributed by atoms with Gasteiger partial charge in [0.1, 0.15) is 0 Å². The molecular formula is C19H20ClN3O4S. The second-order valence-electron chi connectivity index (χ2n) is 6.61. The van der Waals surface area contributed by atoms with Gasteiger partial charge in [-0.25, -0.2) is 13.6 Å². The number of hydrogen-bond acceptors (Lipinski definition) is 4. The summed E-state index contributed by atoms with van der Waals surface area (Å²) in [6.45, 7) is 0.717. The zero-order chi connectivity index (χ0) is 20.3. The number of amides is 2. The van der Waals surface area contributed by atoms with E-state index in [1.807, 2.05) is 0 Å². The molecule has 0 spiro atoms. The van der Waals surface area contributed by atoms with Crippen molar-refractivity contribution in [2.24, 2.45) is 11.1 Å². The van der Waals surface area contributed by atoms with Crippen molar-refractivity contribution in [3.05, 3.63) is 59.1 Å². The number of sulfonamides is 1. The average molecular weight is 422 g/mol. The van der Waals surface area contributed by atoms with Crippen molar-refractivity contribution in [2.45, 2.75) is 17.7 Å². The highest BCUT2D eigenvalue weighted by molar-refractivity contribution is 7.89. The molecule has 3 rings (SSSR count). The van der Waals surface area contributed by atoms with Crippen LogP contribution in [-0.4, -0.2) is 33.3 Å². The van der Waals surface area contributed by atoms with Gasteiger partial charge in [0, 0.05) is 30.2 Å². The highest BCUT2D eigenvalue weighted by Crippen LogP contribution is 2.26. The van der Waals surface area contributed by atoms with Gasteiger partial charge in [0.15, 0.2) is 0 Å². The third-order valence-electron chi connectivity index (χ3n) is 4.60. The van der Waals surface area contributed by atoms with E-state index in [0.717, 1.165) is 11.3 Å². The van der Waals surface area contributed by atoms with Crippen LogP contribution in [0.15, 0.2) is 53.4 Å². The second kappa shape index (κ2) is 8.30. The van der Waals surface area contributed by atoms with E-state index in [2.05, 4.69) is 5.32 Å². The van der Waals surface area contributed by atoms with Gasteiger partial charge in [-0.2, -0.15) is 0 Å². The maximum Gasteiger partial charge on any atom is 0.238 e. The maximum atomic E-state index is 12.4. The number of halogens is 1. The fourth-order valence-electron chi connectivity index (χ4n) is 3.07. The molecule has 2 amide bonds. The second-order valence-corrected chi connectivity index (χ2v) is 8.61. The first kappa shape index (κ1) is 20.3. The minimum atomic E-state index is -3.71. The van der Waals surface area contributed by atoms with Gasteiger partial charge >= 0.3 is 0 Å². The molecule has 0 aliphatic carbocycles. The molecule has 1 atom stereocenters. The SMILES string of the molecule is NS(=O)(=O)c1ccc(CCNC(=O)[C@@H]2CC(=O)N(c3ccc(Cl)cc3)C2)cc1. The summed E-state index contributed by atoms with van der Waals surface area (Å²) in [7, 11) is -3.71. The number of hydrogen-bond donors (Lipinski definition) is 2. The minimum Gasteiger partial charge on any atom is -0.355 e. The molecule has 0 unspecified atom stereocenters. The Morgan fingerprint density at radius 1 is 1.14 bits per heavy atom.